The van der Waals surface area contributed by atoms with Gasteiger partial charge in [-0.25, -0.2) is 0 Å². The van der Waals surface area contributed by atoms with Crippen molar-refractivity contribution in [2.75, 3.05) is 13.2 Å². The van der Waals surface area contributed by atoms with Crippen molar-refractivity contribution in [3.63, 3.8) is 0 Å². The summed E-state index contributed by atoms with van der Waals surface area (Å²) in [6.45, 7) is 1.37. The lowest BCUT2D eigenvalue weighted by atomic mass is 10.1. The molecule has 3 aromatic rings. The first-order valence-electron chi connectivity index (χ1n) is 11.0. The van der Waals surface area contributed by atoms with Crippen molar-refractivity contribution in [1.29, 1.82) is 0 Å². The van der Waals surface area contributed by atoms with Crippen molar-refractivity contribution in [1.82, 2.24) is 5.32 Å². The van der Waals surface area contributed by atoms with Crippen molar-refractivity contribution < 1.29 is 14.6 Å². The highest BCUT2D eigenvalue weighted by atomic mass is 16.5. The largest absolute Gasteiger partial charge is 0.494 e. The number of carboxylic acids is 1. The van der Waals surface area contributed by atoms with Crippen LogP contribution in [0.15, 0.2) is 84.9 Å². The number of ether oxygens (including phenoxy) is 1. The molecule has 0 heterocycles. The normalized spacial score (nSPS) is 11.7. The second-order valence-corrected chi connectivity index (χ2v) is 7.72. The third kappa shape index (κ3) is 8.27. The first-order chi connectivity index (χ1) is 15.2. The van der Waals surface area contributed by atoms with Gasteiger partial charge in [0, 0.05) is 0 Å². The molecule has 0 spiro atoms. The number of aliphatic carboxylic acids is 1. The van der Waals surface area contributed by atoms with Crippen LogP contribution >= 0.6 is 0 Å². The summed E-state index contributed by atoms with van der Waals surface area (Å²) in [5.41, 5.74) is 3.60. The monoisotopic (exact) mass is 417 g/mol. The van der Waals surface area contributed by atoms with Gasteiger partial charge in [0.05, 0.1) is 6.61 Å². The molecule has 0 saturated carbocycles. The Morgan fingerprint density at radius 2 is 1.35 bits per heavy atom. The molecule has 2 N–H and O–H groups in total. The summed E-state index contributed by atoms with van der Waals surface area (Å²) in [7, 11) is 0. The Morgan fingerprint density at radius 3 is 2.00 bits per heavy atom. The zero-order valence-electron chi connectivity index (χ0n) is 17.9. The molecule has 0 aliphatic heterocycles. The van der Waals surface area contributed by atoms with Gasteiger partial charge in [-0.3, -0.25) is 4.79 Å². The predicted molar refractivity (Wildman–Crippen MR) is 125 cm³/mol. The molecule has 4 nitrogen and oxygen atoms in total. The topological polar surface area (TPSA) is 58.6 Å². The molecule has 0 saturated heterocycles. The van der Waals surface area contributed by atoms with Crippen LogP contribution in [-0.2, 0) is 24.1 Å². The Morgan fingerprint density at radius 1 is 0.774 bits per heavy atom. The van der Waals surface area contributed by atoms with E-state index in [9.17, 15) is 9.90 Å². The number of hydrogen-bond acceptors (Lipinski definition) is 3. The van der Waals surface area contributed by atoms with Crippen LogP contribution in [0.3, 0.4) is 0 Å². The fraction of sp³-hybridized carbons (Fsp3) is 0.296. The standard InChI is InChI=1S/C27H31NO3/c29-27(30)26(21-24-11-5-2-6-12-24)28-19-7-13-23-15-17-25(18-16-23)31-20-8-14-22-9-3-1-4-10-22/h1-6,9-12,15-18,26,28H,7-8,13-14,19-21H2,(H,29,30). The minimum absolute atomic E-state index is 0.493. The van der Waals surface area contributed by atoms with Crippen molar-refractivity contribution in [3.05, 3.63) is 102 Å². The Labute approximate surface area is 184 Å². The van der Waals surface area contributed by atoms with Gasteiger partial charge in [0.2, 0.25) is 0 Å². The van der Waals surface area contributed by atoms with Gasteiger partial charge in [0.25, 0.3) is 0 Å². The molecular weight excluding hydrogens is 386 g/mol. The second-order valence-electron chi connectivity index (χ2n) is 7.72. The molecule has 0 bridgehead atoms. The molecule has 4 heteroatoms. The highest BCUT2D eigenvalue weighted by Crippen LogP contribution is 2.14. The number of carboxylic acid groups (broad SMARTS) is 1. The van der Waals surface area contributed by atoms with Crippen LogP contribution in [0, 0.1) is 0 Å². The van der Waals surface area contributed by atoms with E-state index in [1.807, 2.05) is 48.5 Å². The summed E-state index contributed by atoms with van der Waals surface area (Å²) < 4.78 is 5.85. The van der Waals surface area contributed by atoms with Gasteiger partial charge >= 0.3 is 5.97 Å². The zero-order valence-corrected chi connectivity index (χ0v) is 17.9. The van der Waals surface area contributed by atoms with Gasteiger partial charge in [-0.1, -0.05) is 72.8 Å². The van der Waals surface area contributed by atoms with Crippen LogP contribution in [0.4, 0.5) is 0 Å². The number of rotatable bonds is 13. The van der Waals surface area contributed by atoms with Crippen LogP contribution in [0.25, 0.3) is 0 Å². The number of nitrogens with one attached hydrogen (secondary N) is 1. The maximum absolute atomic E-state index is 11.5. The smallest absolute Gasteiger partial charge is 0.321 e. The van der Waals surface area contributed by atoms with Gasteiger partial charge in [0.15, 0.2) is 0 Å². The van der Waals surface area contributed by atoms with Gasteiger partial charge in [-0.05, 0) is 67.5 Å². The van der Waals surface area contributed by atoms with Gasteiger partial charge in [-0.2, -0.15) is 0 Å². The number of carbonyl (C=O) groups is 1. The minimum Gasteiger partial charge on any atom is -0.494 e. The molecule has 0 aliphatic rings. The number of benzene rings is 3. The number of hydrogen-bond donors (Lipinski definition) is 2. The maximum Gasteiger partial charge on any atom is 0.321 e. The van der Waals surface area contributed by atoms with E-state index in [0.29, 0.717) is 19.6 Å². The van der Waals surface area contributed by atoms with E-state index in [2.05, 4.69) is 41.7 Å². The molecule has 0 aromatic heterocycles. The lowest BCUT2D eigenvalue weighted by Gasteiger charge is -2.14. The van der Waals surface area contributed by atoms with E-state index in [-0.39, 0.29) is 0 Å². The minimum atomic E-state index is -0.808. The summed E-state index contributed by atoms with van der Waals surface area (Å²) >= 11 is 0. The lowest BCUT2D eigenvalue weighted by Crippen LogP contribution is -2.39. The van der Waals surface area contributed by atoms with Crippen molar-refractivity contribution in [2.45, 2.75) is 38.1 Å². The summed E-state index contributed by atoms with van der Waals surface area (Å²) in [4.78, 5) is 11.5. The van der Waals surface area contributed by atoms with Gasteiger partial charge in [-0.15, -0.1) is 0 Å². The van der Waals surface area contributed by atoms with Gasteiger partial charge in [0.1, 0.15) is 11.8 Å². The molecule has 0 amide bonds. The zero-order chi connectivity index (χ0) is 21.7. The molecule has 3 aromatic carbocycles. The quantitative estimate of drug-likeness (QED) is 0.388. The molecule has 1 atom stereocenters. The summed E-state index contributed by atoms with van der Waals surface area (Å²) in [5.74, 6) is 0.0846. The van der Waals surface area contributed by atoms with Gasteiger partial charge < -0.3 is 15.2 Å². The fourth-order valence-corrected chi connectivity index (χ4v) is 3.53. The van der Waals surface area contributed by atoms with Crippen LogP contribution in [-0.4, -0.2) is 30.3 Å². The molecule has 162 valence electrons. The summed E-state index contributed by atoms with van der Waals surface area (Å²) in [6, 6.07) is 27.8. The number of aryl methyl sites for hydroxylation is 2. The Hall–Kier alpha value is -3.11. The molecule has 0 aliphatic carbocycles. The first-order valence-corrected chi connectivity index (χ1v) is 11.0. The molecule has 0 radical (unpaired) electrons. The van der Waals surface area contributed by atoms with Crippen LogP contribution in [0.1, 0.15) is 29.5 Å². The van der Waals surface area contributed by atoms with Crippen LogP contribution in [0.5, 0.6) is 5.75 Å². The molecule has 3 rings (SSSR count). The average molecular weight is 418 g/mol. The Balaban J connectivity index is 1.33. The van der Waals surface area contributed by atoms with Crippen molar-refractivity contribution in [3.8, 4) is 5.75 Å². The summed E-state index contributed by atoms with van der Waals surface area (Å²) in [6.07, 6.45) is 4.29. The SMILES string of the molecule is O=C(O)C(Cc1ccccc1)NCCCc1ccc(OCCCc2ccccc2)cc1. The van der Waals surface area contributed by atoms with E-state index in [4.69, 9.17) is 4.74 Å². The highest BCUT2D eigenvalue weighted by molar-refractivity contribution is 5.73. The second kappa shape index (κ2) is 12.6. The van der Waals surface area contributed by atoms with Crippen molar-refractivity contribution in [2.24, 2.45) is 0 Å². The van der Waals surface area contributed by atoms with E-state index in [1.165, 1.54) is 11.1 Å². The predicted octanol–water partition coefficient (Wildman–Crippen LogP) is 4.92. The highest BCUT2D eigenvalue weighted by Gasteiger charge is 2.16. The van der Waals surface area contributed by atoms with Crippen molar-refractivity contribution >= 4 is 5.97 Å². The van der Waals surface area contributed by atoms with E-state index in [1.54, 1.807) is 0 Å². The molecule has 1 unspecified atom stereocenters. The lowest BCUT2D eigenvalue weighted by molar-refractivity contribution is -0.139. The Kier molecular flexibility index (Phi) is 9.14. The van der Waals surface area contributed by atoms with Crippen LogP contribution in [0.2, 0.25) is 0 Å². The maximum atomic E-state index is 11.5. The molecule has 0 fully saturated rings. The van der Waals surface area contributed by atoms with E-state index >= 15 is 0 Å². The fourth-order valence-electron chi connectivity index (χ4n) is 3.53. The van der Waals surface area contributed by atoms with E-state index < -0.39 is 12.0 Å². The first kappa shape index (κ1) is 22.6. The van der Waals surface area contributed by atoms with E-state index in [0.717, 1.165) is 37.0 Å². The molecule has 31 heavy (non-hydrogen) atoms. The Bertz CT molecular complexity index is 895. The van der Waals surface area contributed by atoms with Crippen LogP contribution < -0.4 is 10.1 Å². The third-order valence-electron chi connectivity index (χ3n) is 5.26. The molecular formula is C27H31NO3. The third-order valence-corrected chi connectivity index (χ3v) is 5.26. The average Bonchev–Trinajstić information content (AvgIpc) is 2.81. The summed E-state index contributed by atoms with van der Waals surface area (Å²) in [5, 5.41) is 12.6.